The van der Waals surface area contributed by atoms with Gasteiger partial charge in [0, 0.05) is 6.04 Å². The van der Waals surface area contributed by atoms with Crippen LogP contribution in [0.5, 0.6) is 0 Å². The number of primary amides is 1. The molecule has 1 amide bonds. The molecule has 1 aliphatic carbocycles. The number of benzene rings is 1. The molecule has 0 heterocycles. The number of hydrogen-bond donors (Lipinski definition) is 2. The lowest BCUT2D eigenvalue weighted by Gasteiger charge is -2.18. The second-order valence-corrected chi connectivity index (χ2v) is 6.88. The molecule has 1 aromatic rings. The number of aryl methyl sites for hydroxylation is 1. The molecule has 0 aliphatic heterocycles. The van der Waals surface area contributed by atoms with E-state index in [1.54, 1.807) is 24.3 Å². The minimum Gasteiger partial charge on any atom is -0.369 e. The van der Waals surface area contributed by atoms with E-state index >= 15 is 0 Å². The number of sulfonamides is 1. The molecule has 0 spiro atoms. The second-order valence-electron chi connectivity index (χ2n) is 5.17. The van der Waals surface area contributed by atoms with Gasteiger partial charge in [0.25, 0.3) is 0 Å². The summed E-state index contributed by atoms with van der Waals surface area (Å²) in [7, 11) is -3.59. The Kier molecular flexibility index (Phi) is 4.45. The van der Waals surface area contributed by atoms with E-state index in [1.165, 1.54) is 0 Å². The summed E-state index contributed by atoms with van der Waals surface area (Å²) < 4.78 is 27.2. The van der Waals surface area contributed by atoms with Gasteiger partial charge in [-0.1, -0.05) is 25.5 Å². The second kappa shape index (κ2) is 5.93. The highest BCUT2D eigenvalue weighted by Gasteiger charge is 2.34. The van der Waals surface area contributed by atoms with Crippen LogP contribution in [0.25, 0.3) is 0 Å². The zero-order chi connectivity index (χ0) is 14.8. The zero-order valence-electron chi connectivity index (χ0n) is 11.5. The Labute approximate surface area is 119 Å². The van der Waals surface area contributed by atoms with Crippen LogP contribution in [-0.4, -0.2) is 20.4 Å². The predicted octanol–water partition coefficient (Wildman–Crippen LogP) is 1.18. The van der Waals surface area contributed by atoms with Crippen LogP contribution in [0.3, 0.4) is 0 Å². The van der Waals surface area contributed by atoms with Gasteiger partial charge < -0.3 is 5.73 Å². The molecule has 3 N–H and O–H groups in total. The maximum absolute atomic E-state index is 12.3. The molecule has 5 nitrogen and oxygen atoms in total. The molecule has 2 rings (SSSR count). The van der Waals surface area contributed by atoms with E-state index < -0.39 is 21.8 Å². The first-order chi connectivity index (χ1) is 9.44. The molecule has 6 heteroatoms. The summed E-state index contributed by atoms with van der Waals surface area (Å²) >= 11 is 0. The fourth-order valence-electron chi connectivity index (χ4n) is 2.61. The lowest BCUT2D eigenvalue weighted by Crippen LogP contribution is -2.42. The smallest absolute Gasteiger partial charge is 0.240 e. The van der Waals surface area contributed by atoms with Gasteiger partial charge in [-0.05, 0) is 37.0 Å². The Morgan fingerprint density at radius 1 is 1.30 bits per heavy atom. The Bertz CT molecular complexity index is 581. The maximum atomic E-state index is 12.3. The quantitative estimate of drug-likeness (QED) is 0.855. The van der Waals surface area contributed by atoms with Crippen molar-refractivity contribution < 1.29 is 13.2 Å². The van der Waals surface area contributed by atoms with E-state index in [9.17, 15) is 13.2 Å². The van der Waals surface area contributed by atoms with Gasteiger partial charge in [-0.15, -0.1) is 0 Å². The highest BCUT2D eigenvalue weighted by molar-refractivity contribution is 7.89. The third-order valence-corrected chi connectivity index (χ3v) is 5.34. The van der Waals surface area contributed by atoms with Crippen LogP contribution in [0.1, 0.15) is 31.7 Å². The van der Waals surface area contributed by atoms with Gasteiger partial charge in [-0.25, -0.2) is 13.1 Å². The van der Waals surface area contributed by atoms with Gasteiger partial charge in [0.2, 0.25) is 15.9 Å². The van der Waals surface area contributed by atoms with Crippen molar-refractivity contribution in [3.05, 3.63) is 29.8 Å². The first kappa shape index (κ1) is 15.0. The van der Waals surface area contributed by atoms with E-state index in [-0.39, 0.29) is 10.9 Å². The normalized spacial score (nSPS) is 22.9. The molecule has 0 bridgehead atoms. The summed E-state index contributed by atoms with van der Waals surface area (Å²) in [5.74, 6) is -0.837. The van der Waals surface area contributed by atoms with E-state index in [1.807, 2.05) is 6.92 Å². The van der Waals surface area contributed by atoms with Gasteiger partial charge in [0.1, 0.15) is 0 Å². The number of nitrogens with two attached hydrogens (primary N) is 1. The number of rotatable bonds is 5. The van der Waals surface area contributed by atoms with Crippen LogP contribution < -0.4 is 10.5 Å². The molecule has 0 saturated heterocycles. The summed E-state index contributed by atoms with van der Waals surface area (Å²) in [5.41, 5.74) is 6.39. The van der Waals surface area contributed by atoms with E-state index in [0.717, 1.165) is 18.4 Å². The van der Waals surface area contributed by atoms with Crippen molar-refractivity contribution in [2.75, 3.05) is 0 Å². The number of carbonyl (C=O) groups excluding carboxylic acids is 1. The topological polar surface area (TPSA) is 89.3 Å². The Morgan fingerprint density at radius 3 is 2.50 bits per heavy atom. The lowest BCUT2D eigenvalue weighted by molar-refractivity contribution is -0.122. The van der Waals surface area contributed by atoms with Crippen molar-refractivity contribution in [2.24, 2.45) is 11.7 Å². The largest absolute Gasteiger partial charge is 0.369 e. The maximum Gasteiger partial charge on any atom is 0.240 e. The van der Waals surface area contributed by atoms with Gasteiger partial charge in [0.15, 0.2) is 0 Å². The van der Waals surface area contributed by atoms with Crippen LogP contribution in [0, 0.1) is 5.92 Å². The number of amides is 1. The first-order valence-electron chi connectivity index (χ1n) is 6.84. The summed E-state index contributed by atoms with van der Waals surface area (Å²) in [6.07, 6.45) is 2.98. The average molecular weight is 296 g/mol. The summed E-state index contributed by atoms with van der Waals surface area (Å²) in [6.45, 7) is 2.01. The monoisotopic (exact) mass is 296 g/mol. The van der Waals surface area contributed by atoms with Crippen LogP contribution in [0.4, 0.5) is 0 Å². The zero-order valence-corrected chi connectivity index (χ0v) is 12.3. The van der Waals surface area contributed by atoms with Crippen molar-refractivity contribution in [1.29, 1.82) is 0 Å². The number of carbonyl (C=O) groups is 1. The van der Waals surface area contributed by atoms with Crippen molar-refractivity contribution in [1.82, 2.24) is 4.72 Å². The standard InChI is InChI=1S/C14H20N2O3S/c1-2-10-6-8-11(9-7-10)20(18,19)16-13-5-3-4-12(13)14(15)17/h6-9,12-13,16H,2-5H2,1H3,(H2,15,17)/t12-,13+/m0/s1. The Balaban J connectivity index is 2.16. The van der Waals surface area contributed by atoms with Crippen molar-refractivity contribution in [2.45, 2.75) is 43.5 Å². The van der Waals surface area contributed by atoms with Crippen molar-refractivity contribution in [3.63, 3.8) is 0 Å². The Morgan fingerprint density at radius 2 is 1.95 bits per heavy atom. The molecule has 110 valence electrons. The van der Waals surface area contributed by atoms with Crippen LogP contribution >= 0.6 is 0 Å². The van der Waals surface area contributed by atoms with E-state index in [0.29, 0.717) is 12.8 Å². The molecule has 0 radical (unpaired) electrons. The molecule has 1 aliphatic rings. The molecule has 1 saturated carbocycles. The molecular weight excluding hydrogens is 276 g/mol. The summed E-state index contributed by atoms with van der Waals surface area (Å²) in [5, 5.41) is 0. The van der Waals surface area contributed by atoms with E-state index in [2.05, 4.69) is 4.72 Å². The lowest BCUT2D eigenvalue weighted by atomic mass is 10.0. The fourth-order valence-corrected chi connectivity index (χ4v) is 3.92. The third-order valence-electron chi connectivity index (χ3n) is 3.83. The third kappa shape index (κ3) is 3.19. The predicted molar refractivity (Wildman–Crippen MR) is 76.5 cm³/mol. The summed E-state index contributed by atoms with van der Waals surface area (Å²) in [4.78, 5) is 11.5. The molecule has 1 aromatic carbocycles. The summed E-state index contributed by atoms with van der Waals surface area (Å²) in [6, 6.07) is 6.40. The molecule has 20 heavy (non-hydrogen) atoms. The van der Waals surface area contributed by atoms with Crippen LogP contribution in [0.15, 0.2) is 29.2 Å². The van der Waals surface area contributed by atoms with Crippen molar-refractivity contribution >= 4 is 15.9 Å². The van der Waals surface area contributed by atoms with Gasteiger partial charge in [-0.2, -0.15) is 0 Å². The molecule has 1 fully saturated rings. The van der Waals surface area contributed by atoms with Gasteiger partial charge in [0.05, 0.1) is 10.8 Å². The fraction of sp³-hybridized carbons (Fsp3) is 0.500. The van der Waals surface area contributed by atoms with E-state index in [4.69, 9.17) is 5.73 Å². The highest BCUT2D eigenvalue weighted by Crippen LogP contribution is 2.26. The number of hydrogen-bond acceptors (Lipinski definition) is 3. The Hall–Kier alpha value is -1.40. The number of nitrogens with one attached hydrogen (secondary N) is 1. The van der Waals surface area contributed by atoms with Gasteiger partial charge in [-0.3, -0.25) is 4.79 Å². The molecule has 0 unspecified atom stereocenters. The minimum absolute atomic E-state index is 0.227. The minimum atomic E-state index is -3.59. The SMILES string of the molecule is CCc1ccc(S(=O)(=O)N[C@@H]2CCC[C@@H]2C(N)=O)cc1. The molecular formula is C14H20N2O3S. The van der Waals surface area contributed by atoms with Crippen molar-refractivity contribution in [3.8, 4) is 0 Å². The van der Waals surface area contributed by atoms with Crippen LogP contribution in [0.2, 0.25) is 0 Å². The van der Waals surface area contributed by atoms with Gasteiger partial charge >= 0.3 is 0 Å². The highest BCUT2D eigenvalue weighted by atomic mass is 32.2. The average Bonchev–Trinajstić information content (AvgIpc) is 2.86. The van der Waals surface area contributed by atoms with Crippen LogP contribution in [-0.2, 0) is 21.2 Å². The molecule has 2 atom stereocenters. The first-order valence-corrected chi connectivity index (χ1v) is 8.33. The molecule has 0 aromatic heterocycles.